The van der Waals surface area contributed by atoms with E-state index < -0.39 is 35.2 Å². The van der Waals surface area contributed by atoms with E-state index in [1.807, 2.05) is 0 Å². The Labute approximate surface area is 125 Å². The molecule has 2 aromatic carbocycles. The van der Waals surface area contributed by atoms with Crippen molar-refractivity contribution in [2.24, 2.45) is 0 Å². The Morgan fingerprint density at radius 3 is 2.50 bits per heavy atom. The van der Waals surface area contributed by atoms with Gasteiger partial charge in [0.1, 0.15) is 23.3 Å². The van der Waals surface area contributed by atoms with Gasteiger partial charge in [-0.25, -0.2) is 13.6 Å². The number of carbonyl (C=O) groups is 1. The average Bonchev–Trinajstić information content (AvgIpc) is 2.47. The molecule has 0 aliphatic carbocycles. The van der Waals surface area contributed by atoms with Gasteiger partial charge in [-0.2, -0.15) is 0 Å². The van der Waals surface area contributed by atoms with Crippen molar-refractivity contribution in [2.45, 2.75) is 20.0 Å². The number of aryl methyl sites for hydroxylation is 1. The zero-order valence-electron chi connectivity index (χ0n) is 11.9. The largest absolute Gasteiger partial charge is 0.504 e. The van der Waals surface area contributed by atoms with Crippen LogP contribution in [-0.4, -0.2) is 16.2 Å². The minimum Gasteiger partial charge on any atom is -0.504 e. The summed E-state index contributed by atoms with van der Waals surface area (Å²) in [7, 11) is 0. The highest BCUT2D eigenvalue weighted by Gasteiger charge is 2.21. The summed E-state index contributed by atoms with van der Waals surface area (Å²) in [6.45, 7) is 2.93. The number of hydrogen-bond donors (Lipinski definition) is 2. The molecule has 4 nitrogen and oxygen atoms in total. The Morgan fingerprint density at radius 2 is 1.82 bits per heavy atom. The van der Waals surface area contributed by atoms with Crippen molar-refractivity contribution >= 4 is 5.97 Å². The summed E-state index contributed by atoms with van der Waals surface area (Å²) in [6.07, 6.45) is -1.06. The first-order valence-electron chi connectivity index (χ1n) is 6.48. The third-order valence-corrected chi connectivity index (χ3v) is 3.25. The Morgan fingerprint density at radius 1 is 1.14 bits per heavy atom. The Balaban J connectivity index is 2.25. The van der Waals surface area contributed by atoms with Gasteiger partial charge in [0.25, 0.3) is 0 Å². The van der Waals surface area contributed by atoms with Gasteiger partial charge < -0.3 is 14.9 Å². The van der Waals surface area contributed by atoms with Crippen LogP contribution in [0.25, 0.3) is 0 Å². The first kappa shape index (κ1) is 15.8. The Kier molecular flexibility index (Phi) is 4.30. The lowest BCUT2D eigenvalue weighted by Gasteiger charge is -2.15. The fraction of sp³-hybridized carbons (Fsp3) is 0.188. The lowest BCUT2D eigenvalue weighted by molar-refractivity contribution is 0.0326. The van der Waals surface area contributed by atoms with Crippen LogP contribution in [0, 0.1) is 18.6 Å². The second-order valence-corrected chi connectivity index (χ2v) is 4.84. The van der Waals surface area contributed by atoms with Gasteiger partial charge in [-0.1, -0.05) is 6.07 Å². The van der Waals surface area contributed by atoms with Crippen molar-refractivity contribution in [1.82, 2.24) is 0 Å². The van der Waals surface area contributed by atoms with E-state index in [-0.39, 0.29) is 11.1 Å². The van der Waals surface area contributed by atoms with E-state index in [2.05, 4.69) is 0 Å². The van der Waals surface area contributed by atoms with Crippen molar-refractivity contribution in [1.29, 1.82) is 0 Å². The molecule has 2 N–H and O–H groups in total. The van der Waals surface area contributed by atoms with Crippen molar-refractivity contribution in [2.75, 3.05) is 0 Å². The first-order chi connectivity index (χ1) is 10.3. The van der Waals surface area contributed by atoms with Crippen LogP contribution in [0.15, 0.2) is 30.3 Å². The van der Waals surface area contributed by atoms with E-state index in [9.17, 15) is 23.8 Å². The summed E-state index contributed by atoms with van der Waals surface area (Å²) in [5.41, 5.74) is 0.00853. The summed E-state index contributed by atoms with van der Waals surface area (Å²) >= 11 is 0. The van der Waals surface area contributed by atoms with Gasteiger partial charge in [0, 0.05) is 5.56 Å². The molecule has 0 saturated carbocycles. The fourth-order valence-corrected chi connectivity index (χ4v) is 1.96. The number of hydrogen-bond acceptors (Lipinski definition) is 4. The van der Waals surface area contributed by atoms with Crippen LogP contribution in [0.5, 0.6) is 11.5 Å². The lowest BCUT2D eigenvalue weighted by Crippen LogP contribution is -2.11. The van der Waals surface area contributed by atoms with E-state index in [4.69, 9.17) is 4.74 Å². The van der Waals surface area contributed by atoms with E-state index in [0.717, 1.165) is 18.2 Å². The van der Waals surface area contributed by atoms with E-state index in [1.165, 1.54) is 19.1 Å². The molecular formula is C16H14F2O4. The monoisotopic (exact) mass is 308 g/mol. The summed E-state index contributed by atoms with van der Waals surface area (Å²) in [4.78, 5) is 12.0. The topological polar surface area (TPSA) is 66.8 Å². The molecule has 1 unspecified atom stereocenters. The third-order valence-electron chi connectivity index (χ3n) is 3.25. The van der Waals surface area contributed by atoms with Gasteiger partial charge in [-0.05, 0) is 43.7 Å². The standard InChI is InChI=1S/C16H14F2O4/c1-8-3-5-11(15(20)14(8)19)16(21)22-9(2)12-7-10(17)4-6-13(12)18/h3-7,9,19-20H,1-2H3. The summed E-state index contributed by atoms with van der Waals surface area (Å²) in [6, 6.07) is 5.53. The molecule has 0 bridgehead atoms. The molecule has 0 spiro atoms. The van der Waals surface area contributed by atoms with Gasteiger partial charge >= 0.3 is 5.97 Å². The molecule has 0 aliphatic heterocycles. The van der Waals surface area contributed by atoms with Crippen LogP contribution in [0.3, 0.4) is 0 Å². The van der Waals surface area contributed by atoms with Crippen LogP contribution >= 0.6 is 0 Å². The zero-order chi connectivity index (χ0) is 16.4. The SMILES string of the molecule is Cc1ccc(C(=O)OC(C)c2cc(F)ccc2F)c(O)c1O. The molecule has 0 radical (unpaired) electrons. The normalized spacial score (nSPS) is 12.0. The van der Waals surface area contributed by atoms with Gasteiger partial charge in [0.2, 0.25) is 0 Å². The van der Waals surface area contributed by atoms with Gasteiger partial charge in [-0.15, -0.1) is 0 Å². The number of ether oxygens (including phenoxy) is 1. The molecule has 0 aliphatic rings. The third kappa shape index (κ3) is 3.00. The Hall–Kier alpha value is -2.63. The van der Waals surface area contributed by atoms with Gasteiger partial charge in [-0.3, -0.25) is 0 Å². The minimum absolute atomic E-state index is 0.121. The number of halogens is 2. The highest BCUT2D eigenvalue weighted by Crippen LogP contribution is 2.33. The second kappa shape index (κ2) is 6.01. The molecule has 0 saturated heterocycles. The van der Waals surface area contributed by atoms with Crippen molar-refractivity contribution in [3.05, 3.63) is 58.7 Å². The number of phenols is 2. The maximum absolute atomic E-state index is 13.6. The molecule has 0 amide bonds. The van der Waals surface area contributed by atoms with Crippen LogP contribution in [0.1, 0.15) is 34.5 Å². The number of aromatic hydroxyl groups is 2. The number of rotatable bonds is 3. The molecule has 22 heavy (non-hydrogen) atoms. The maximum Gasteiger partial charge on any atom is 0.342 e. The van der Waals surface area contributed by atoms with E-state index in [1.54, 1.807) is 6.92 Å². The van der Waals surface area contributed by atoms with Crippen LogP contribution in [0.4, 0.5) is 8.78 Å². The quantitative estimate of drug-likeness (QED) is 0.671. The Bertz CT molecular complexity index is 728. The summed E-state index contributed by atoms with van der Waals surface area (Å²) < 4.78 is 31.8. The maximum atomic E-state index is 13.6. The predicted molar refractivity (Wildman–Crippen MR) is 74.7 cm³/mol. The van der Waals surface area contributed by atoms with Crippen LogP contribution in [-0.2, 0) is 4.74 Å². The molecule has 116 valence electrons. The highest BCUT2D eigenvalue weighted by atomic mass is 19.1. The van der Waals surface area contributed by atoms with Crippen molar-refractivity contribution in [3.8, 4) is 11.5 Å². The molecule has 2 rings (SSSR count). The van der Waals surface area contributed by atoms with Crippen LogP contribution in [0.2, 0.25) is 0 Å². The highest BCUT2D eigenvalue weighted by molar-refractivity contribution is 5.93. The number of esters is 1. The average molecular weight is 308 g/mol. The van der Waals surface area contributed by atoms with Gasteiger partial charge in [0.05, 0.1) is 0 Å². The minimum atomic E-state index is -1.06. The summed E-state index contributed by atoms with van der Waals surface area (Å²) in [5.74, 6) is -3.37. The van der Waals surface area contributed by atoms with E-state index >= 15 is 0 Å². The molecule has 6 heteroatoms. The number of benzene rings is 2. The van der Waals surface area contributed by atoms with Crippen molar-refractivity contribution < 1.29 is 28.5 Å². The van der Waals surface area contributed by atoms with Crippen molar-refractivity contribution in [3.63, 3.8) is 0 Å². The fourth-order valence-electron chi connectivity index (χ4n) is 1.96. The van der Waals surface area contributed by atoms with Gasteiger partial charge in [0.15, 0.2) is 11.5 Å². The zero-order valence-corrected chi connectivity index (χ0v) is 11.9. The smallest absolute Gasteiger partial charge is 0.342 e. The summed E-state index contributed by atoms with van der Waals surface area (Å²) in [5, 5.41) is 19.3. The molecule has 1 atom stereocenters. The number of phenolic OH excluding ortho intramolecular Hbond substituents is 2. The van der Waals surface area contributed by atoms with Crippen LogP contribution < -0.4 is 0 Å². The van der Waals surface area contributed by atoms with E-state index in [0.29, 0.717) is 5.56 Å². The number of carbonyl (C=O) groups excluding carboxylic acids is 1. The molecule has 2 aromatic rings. The molecule has 0 fully saturated rings. The second-order valence-electron chi connectivity index (χ2n) is 4.84. The molecule has 0 aromatic heterocycles. The molecule has 0 heterocycles. The molecular weight excluding hydrogens is 294 g/mol. The first-order valence-corrected chi connectivity index (χ1v) is 6.48. The lowest BCUT2D eigenvalue weighted by atomic mass is 10.1. The predicted octanol–water partition coefficient (Wildman–Crippen LogP) is 3.60.